The molecule has 0 aliphatic carbocycles. The molecule has 1 unspecified atom stereocenters. The van der Waals surface area contributed by atoms with Crippen LogP contribution in [-0.2, 0) is 14.3 Å². The summed E-state index contributed by atoms with van der Waals surface area (Å²) in [5.74, 6) is -0.148. The number of carbonyl (C=O) groups is 2. The van der Waals surface area contributed by atoms with Gasteiger partial charge in [-0.05, 0) is 19.3 Å². The molecule has 0 rings (SSSR count). The lowest BCUT2D eigenvalue weighted by atomic mass is 9.83. The fourth-order valence-electron chi connectivity index (χ4n) is 1.26. The monoisotopic (exact) mass is 172 g/mol. The molecule has 0 saturated carbocycles. The van der Waals surface area contributed by atoms with Crippen molar-refractivity contribution in [1.82, 2.24) is 0 Å². The standard InChI is InChI=1S/C9H16O3/c1-7(2)5-9(3,6-10)8(11)12-4/h6-7H,5H2,1-4H3. The molecule has 0 aromatic heterocycles. The number of aldehydes is 1. The van der Waals surface area contributed by atoms with Crippen molar-refractivity contribution in [2.45, 2.75) is 27.2 Å². The summed E-state index contributed by atoms with van der Waals surface area (Å²) in [5.41, 5.74) is -0.969. The topological polar surface area (TPSA) is 43.4 Å². The highest BCUT2D eigenvalue weighted by molar-refractivity contribution is 5.92. The molecule has 0 aromatic carbocycles. The van der Waals surface area contributed by atoms with Gasteiger partial charge in [0.1, 0.15) is 11.7 Å². The zero-order valence-electron chi connectivity index (χ0n) is 8.09. The summed E-state index contributed by atoms with van der Waals surface area (Å²) in [5, 5.41) is 0. The van der Waals surface area contributed by atoms with Crippen molar-refractivity contribution in [3.05, 3.63) is 0 Å². The van der Waals surface area contributed by atoms with Gasteiger partial charge >= 0.3 is 5.97 Å². The number of esters is 1. The lowest BCUT2D eigenvalue weighted by molar-refractivity contribution is -0.154. The average molecular weight is 172 g/mol. The number of methoxy groups -OCH3 is 1. The number of carbonyl (C=O) groups excluding carboxylic acids is 2. The van der Waals surface area contributed by atoms with E-state index >= 15 is 0 Å². The van der Waals surface area contributed by atoms with Crippen LogP contribution in [0.15, 0.2) is 0 Å². The Labute approximate surface area is 73.1 Å². The predicted octanol–water partition coefficient (Wildman–Crippen LogP) is 1.41. The summed E-state index contributed by atoms with van der Waals surface area (Å²) in [4.78, 5) is 21.8. The maximum Gasteiger partial charge on any atom is 0.318 e. The maximum absolute atomic E-state index is 11.1. The molecule has 0 bridgehead atoms. The highest BCUT2D eigenvalue weighted by Gasteiger charge is 2.34. The summed E-state index contributed by atoms with van der Waals surface area (Å²) in [6.07, 6.45) is 1.20. The highest BCUT2D eigenvalue weighted by Crippen LogP contribution is 2.24. The lowest BCUT2D eigenvalue weighted by Gasteiger charge is -2.21. The van der Waals surface area contributed by atoms with Gasteiger partial charge in [-0.1, -0.05) is 13.8 Å². The van der Waals surface area contributed by atoms with Crippen LogP contribution in [0.4, 0.5) is 0 Å². The van der Waals surface area contributed by atoms with E-state index < -0.39 is 11.4 Å². The third-order valence-electron chi connectivity index (χ3n) is 1.74. The van der Waals surface area contributed by atoms with Gasteiger partial charge in [0.05, 0.1) is 7.11 Å². The number of hydrogen-bond acceptors (Lipinski definition) is 3. The van der Waals surface area contributed by atoms with Crippen LogP contribution in [-0.4, -0.2) is 19.4 Å². The third-order valence-corrected chi connectivity index (χ3v) is 1.74. The minimum Gasteiger partial charge on any atom is -0.468 e. The lowest BCUT2D eigenvalue weighted by Crippen LogP contribution is -2.32. The summed E-state index contributed by atoms with van der Waals surface area (Å²) >= 11 is 0. The summed E-state index contributed by atoms with van der Waals surface area (Å²) < 4.78 is 4.54. The molecule has 0 radical (unpaired) electrons. The first-order valence-electron chi connectivity index (χ1n) is 4.01. The van der Waals surface area contributed by atoms with E-state index in [2.05, 4.69) is 4.74 Å². The second-order valence-corrected chi connectivity index (χ2v) is 3.62. The fourth-order valence-corrected chi connectivity index (χ4v) is 1.26. The molecule has 1 atom stereocenters. The Bertz CT molecular complexity index is 175. The van der Waals surface area contributed by atoms with Crippen molar-refractivity contribution in [3.8, 4) is 0 Å². The number of hydrogen-bond donors (Lipinski definition) is 0. The molecule has 0 N–H and O–H groups in total. The van der Waals surface area contributed by atoms with Crippen LogP contribution < -0.4 is 0 Å². The van der Waals surface area contributed by atoms with Crippen LogP contribution in [0.5, 0.6) is 0 Å². The van der Waals surface area contributed by atoms with E-state index in [0.717, 1.165) is 0 Å². The largest absolute Gasteiger partial charge is 0.468 e. The molecule has 3 heteroatoms. The molecule has 0 saturated heterocycles. The zero-order chi connectivity index (χ0) is 9.78. The molecule has 3 nitrogen and oxygen atoms in total. The Balaban J connectivity index is 4.44. The predicted molar refractivity (Wildman–Crippen MR) is 45.6 cm³/mol. The molecular formula is C9H16O3. The van der Waals surface area contributed by atoms with Crippen molar-refractivity contribution < 1.29 is 14.3 Å². The summed E-state index contributed by atoms with van der Waals surface area (Å²) in [6, 6.07) is 0. The van der Waals surface area contributed by atoms with Gasteiger partial charge < -0.3 is 9.53 Å². The van der Waals surface area contributed by atoms with E-state index in [-0.39, 0.29) is 0 Å². The third kappa shape index (κ3) is 2.64. The summed E-state index contributed by atoms with van der Waals surface area (Å²) in [7, 11) is 1.30. The van der Waals surface area contributed by atoms with E-state index in [1.54, 1.807) is 6.92 Å². The van der Waals surface area contributed by atoms with E-state index in [1.165, 1.54) is 7.11 Å². The van der Waals surface area contributed by atoms with Crippen LogP contribution in [0.1, 0.15) is 27.2 Å². The molecule has 0 amide bonds. The Hall–Kier alpha value is -0.860. The van der Waals surface area contributed by atoms with Crippen LogP contribution >= 0.6 is 0 Å². The molecule has 12 heavy (non-hydrogen) atoms. The molecule has 0 aliphatic heterocycles. The fraction of sp³-hybridized carbons (Fsp3) is 0.778. The second-order valence-electron chi connectivity index (χ2n) is 3.62. The quantitative estimate of drug-likeness (QED) is 0.366. The first kappa shape index (κ1) is 11.1. The Morgan fingerprint density at radius 2 is 2.08 bits per heavy atom. The van der Waals surface area contributed by atoms with E-state index in [1.807, 2.05) is 13.8 Å². The van der Waals surface area contributed by atoms with Gasteiger partial charge in [-0.25, -0.2) is 0 Å². The van der Waals surface area contributed by atoms with Gasteiger partial charge in [-0.3, -0.25) is 4.79 Å². The number of ether oxygens (including phenoxy) is 1. The van der Waals surface area contributed by atoms with Gasteiger partial charge in [0.2, 0.25) is 0 Å². The van der Waals surface area contributed by atoms with Crippen molar-refractivity contribution in [1.29, 1.82) is 0 Å². The van der Waals surface area contributed by atoms with Crippen molar-refractivity contribution in [2.24, 2.45) is 11.3 Å². The minimum atomic E-state index is -0.969. The first-order valence-corrected chi connectivity index (χ1v) is 4.01. The van der Waals surface area contributed by atoms with E-state index in [4.69, 9.17) is 0 Å². The van der Waals surface area contributed by atoms with Crippen LogP contribution in [0, 0.1) is 11.3 Å². The molecule has 70 valence electrons. The van der Waals surface area contributed by atoms with Crippen molar-refractivity contribution in [2.75, 3.05) is 7.11 Å². The van der Waals surface area contributed by atoms with Crippen LogP contribution in [0.25, 0.3) is 0 Å². The van der Waals surface area contributed by atoms with Gasteiger partial charge in [0.15, 0.2) is 0 Å². The summed E-state index contributed by atoms with van der Waals surface area (Å²) in [6.45, 7) is 5.53. The smallest absolute Gasteiger partial charge is 0.318 e. The maximum atomic E-state index is 11.1. The molecule has 0 aliphatic rings. The van der Waals surface area contributed by atoms with Crippen molar-refractivity contribution >= 4 is 12.3 Å². The average Bonchev–Trinajstić information content (AvgIpc) is 2.01. The van der Waals surface area contributed by atoms with Gasteiger partial charge in [-0.2, -0.15) is 0 Å². The Kier molecular flexibility index (Phi) is 3.93. The molecule has 0 spiro atoms. The van der Waals surface area contributed by atoms with Gasteiger partial charge in [-0.15, -0.1) is 0 Å². The van der Waals surface area contributed by atoms with Gasteiger partial charge in [0.25, 0.3) is 0 Å². The zero-order valence-corrected chi connectivity index (χ0v) is 8.09. The SMILES string of the molecule is COC(=O)C(C)(C=O)CC(C)C. The molecule has 0 fully saturated rings. The van der Waals surface area contributed by atoms with Crippen LogP contribution in [0.3, 0.4) is 0 Å². The Morgan fingerprint density at radius 3 is 2.33 bits per heavy atom. The minimum absolute atomic E-state index is 0.305. The normalized spacial score (nSPS) is 15.4. The van der Waals surface area contributed by atoms with E-state index in [0.29, 0.717) is 18.6 Å². The molecule has 0 aromatic rings. The number of rotatable bonds is 4. The molecule has 0 heterocycles. The highest BCUT2D eigenvalue weighted by atomic mass is 16.5. The van der Waals surface area contributed by atoms with Crippen LogP contribution in [0.2, 0.25) is 0 Å². The van der Waals surface area contributed by atoms with Crippen molar-refractivity contribution in [3.63, 3.8) is 0 Å². The van der Waals surface area contributed by atoms with E-state index in [9.17, 15) is 9.59 Å². The molecular weight excluding hydrogens is 156 g/mol. The first-order chi connectivity index (χ1) is 5.46. The van der Waals surface area contributed by atoms with Gasteiger partial charge in [0, 0.05) is 0 Å². The second kappa shape index (κ2) is 4.24. The Morgan fingerprint density at radius 1 is 1.58 bits per heavy atom.